The van der Waals surface area contributed by atoms with E-state index in [4.69, 9.17) is 4.74 Å². The molecule has 0 aliphatic rings. The van der Waals surface area contributed by atoms with Gasteiger partial charge in [-0.15, -0.1) is 0 Å². The van der Waals surface area contributed by atoms with Gasteiger partial charge in [0.2, 0.25) is 5.75 Å². The van der Waals surface area contributed by atoms with Crippen LogP contribution in [0.25, 0.3) is 0 Å². The Morgan fingerprint density at radius 1 is 1.26 bits per heavy atom. The van der Waals surface area contributed by atoms with E-state index in [1.165, 1.54) is 6.07 Å². The number of ether oxygens (including phenoxy) is 1. The number of hydrogen-bond acceptors (Lipinski definition) is 3. The number of benzene rings is 2. The Kier molecular flexibility index (Phi) is 3.80. The molecule has 4 nitrogen and oxygen atoms in total. The van der Waals surface area contributed by atoms with Crippen LogP contribution >= 0.6 is 15.9 Å². The van der Waals surface area contributed by atoms with Crippen molar-refractivity contribution in [1.82, 2.24) is 0 Å². The molecular weight excluding hydrogens is 317 g/mol. The van der Waals surface area contributed by atoms with Crippen LogP contribution in [0.4, 0.5) is 10.1 Å². The van der Waals surface area contributed by atoms with Crippen LogP contribution in [0.2, 0.25) is 0 Å². The topological polar surface area (TPSA) is 52.4 Å². The Morgan fingerprint density at radius 2 is 1.89 bits per heavy atom. The van der Waals surface area contributed by atoms with Crippen LogP contribution in [0, 0.1) is 22.9 Å². The lowest BCUT2D eigenvalue weighted by atomic mass is 10.2. The number of rotatable bonds is 3. The first-order chi connectivity index (χ1) is 8.97. The van der Waals surface area contributed by atoms with Gasteiger partial charge in [0.15, 0.2) is 0 Å². The summed E-state index contributed by atoms with van der Waals surface area (Å²) < 4.78 is 18.8. The van der Waals surface area contributed by atoms with Gasteiger partial charge >= 0.3 is 5.69 Å². The molecule has 2 aromatic rings. The van der Waals surface area contributed by atoms with E-state index in [0.29, 0.717) is 5.75 Å². The van der Waals surface area contributed by atoms with Gasteiger partial charge in [-0.3, -0.25) is 10.1 Å². The van der Waals surface area contributed by atoms with Crippen molar-refractivity contribution < 1.29 is 14.1 Å². The number of nitro benzene ring substituents is 1. The van der Waals surface area contributed by atoms with Crippen LogP contribution in [-0.2, 0) is 0 Å². The minimum atomic E-state index is -0.706. The molecular formula is C13H9BrFNO3. The lowest BCUT2D eigenvalue weighted by Crippen LogP contribution is -1.95. The van der Waals surface area contributed by atoms with Crippen molar-refractivity contribution in [2.45, 2.75) is 6.92 Å². The van der Waals surface area contributed by atoms with Gasteiger partial charge in [0.05, 0.1) is 15.5 Å². The zero-order valence-corrected chi connectivity index (χ0v) is 11.5. The third kappa shape index (κ3) is 3.08. The molecule has 2 aromatic carbocycles. The van der Waals surface area contributed by atoms with Crippen molar-refractivity contribution in [3.63, 3.8) is 0 Å². The Labute approximate surface area is 117 Å². The Bertz CT molecular complexity index is 629. The predicted molar refractivity (Wildman–Crippen MR) is 72.0 cm³/mol. The lowest BCUT2D eigenvalue weighted by molar-refractivity contribution is -0.385. The first-order valence-electron chi connectivity index (χ1n) is 5.35. The van der Waals surface area contributed by atoms with E-state index >= 15 is 0 Å². The van der Waals surface area contributed by atoms with Crippen molar-refractivity contribution in [2.75, 3.05) is 0 Å². The molecule has 0 spiro atoms. The molecule has 0 aliphatic heterocycles. The molecule has 0 radical (unpaired) electrons. The Balaban J connectivity index is 2.41. The van der Waals surface area contributed by atoms with E-state index in [-0.39, 0.29) is 10.2 Å². The van der Waals surface area contributed by atoms with Crippen LogP contribution in [0.15, 0.2) is 40.9 Å². The van der Waals surface area contributed by atoms with Crippen molar-refractivity contribution in [2.24, 2.45) is 0 Å². The maximum atomic E-state index is 13.3. The minimum absolute atomic E-state index is 0.0119. The Morgan fingerprint density at radius 3 is 2.47 bits per heavy atom. The summed E-state index contributed by atoms with van der Waals surface area (Å²) in [5.41, 5.74) is 0.628. The fourth-order valence-corrected chi connectivity index (χ4v) is 1.80. The summed E-state index contributed by atoms with van der Waals surface area (Å²) in [5.74, 6) is -0.266. The van der Waals surface area contributed by atoms with Gasteiger partial charge in [0, 0.05) is 6.07 Å². The van der Waals surface area contributed by atoms with Gasteiger partial charge in [0.1, 0.15) is 11.6 Å². The first-order valence-corrected chi connectivity index (χ1v) is 6.14. The van der Waals surface area contributed by atoms with E-state index in [0.717, 1.165) is 11.6 Å². The Hall–Kier alpha value is -1.95. The van der Waals surface area contributed by atoms with Gasteiger partial charge in [-0.1, -0.05) is 17.7 Å². The molecule has 0 fully saturated rings. The number of nitro groups is 1. The smallest absolute Gasteiger partial charge is 0.314 e. The fourth-order valence-electron chi connectivity index (χ4n) is 1.48. The average Bonchev–Trinajstić information content (AvgIpc) is 2.36. The summed E-state index contributed by atoms with van der Waals surface area (Å²) in [5, 5.41) is 10.9. The maximum absolute atomic E-state index is 13.3. The summed E-state index contributed by atoms with van der Waals surface area (Å²) in [6.45, 7) is 1.92. The average molecular weight is 326 g/mol. The van der Waals surface area contributed by atoms with Crippen LogP contribution in [0.5, 0.6) is 11.5 Å². The van der Waals surface area contributed by atoms with Crippen LogP contribution in [0.3, 0.4) is 0 Å². The highest BCUT2D eigenvalue weighted by Crippen LogP contribution is 2.35. The second-order valence-corrected chi connectivity index (χ2v) is 4.76. The normalized spacial score (nSPS) is 10.3. The summed E-state index contributed by atoms with van der Waals surface area (Å²) >= 11 is 2.98. The zero-order valence-electron chi connectivity index (χ0n) is 9.89. The van der Waals surface area contributed by atoms with Gasteiger partial charge in [0.25, 0.3) is 0 Å². The predicted octanol–water partition coefficient (Wildman–Crippen LogP) is 4.60. The highest BCUT2D eigenvalue weighted by atomic mass is 79.9. The highest BCUT2D eigenvalue weighted by Gasteiger charge is 2.19. The van der Waals surface area contributed by atoms with Gasteiger partial charge in [-0.25, -0.2) is 4.39 Å². The molecule has 0 bridgehead atoms. The first kappa shape index (κ1) is 13.5. The molecule has 0 heterocycles. The molecule has 0 saturated heterocycles. The minimum Gasteiger partial charge on any atom is -0.450 e. The van der Waals surface area contributed by atoms with Crippen LogP contribution in [0.1, 0.15) is 5.56 Å². The summed E-state index contributed by atoms with van der Waals surface area (Å²) in [4.78, 5) is 10.2. The zero-order chi connectivity index (χ0) is 14.0. The second kappa shape index (κ2) is 5.36. The van der Waals surface area contributed by atoms with E-state index in [1.807, 2.05) is 19.1 Å². The van der Waals surface area contributed by atoms with E-state index in [1.54, 1.807) is 12.1 Å². The highest BCUT2D eigenvalue weighted by molar-refractivity contribution is 9.10. The molecule has 0 aromatic heterocycles. The number of aryl methyl sites for hydroxylation is 1. The quantitative estimate of drug-likeness (QED) is 0.612. The molecule has 19 heavy (non-hydrogen) atoms. The molecule has 6 heteroatoms. The van der Waals surface area contributed by atoms with Crippen molar-refractivity contribution in [3.8, 4) is 11.5 Å². The van der Waals surface area contributed by atoms with Crippen molar-refractivity contribution in [1.29, 1.82) is 0 Å². The van der Waals surface area contributed by atoms with E-state index in [9.17, 15) is 14.5 Å². The number of hydrogen-bond donors (Lipinski definition) is 0. The molecule has 0 atom stereocenters. The largest absolute Gasteiger partial charge is 0.450 e. The molecule has 98 valence electrons. The van der Waals surface area contributed by atoms with E-state index < -0.39 is 16.4 Å². The summed E-state index contributed by atoms with van der Waals surface area (Å²) in [7, 11) is 0. The summed E-state index contributed by atoms with van der Waals surface area (Å²) in [6.07, 6.45) is 0. The SMILES string of the molecule is Cc1ccc(Oc2cc(Br)c(F)cc2[N+](=O)[O-])cc1. The molecule has 0 saturated carbocycles. The summed E-state index contributed by atoms with van der Waals surface area (Å²) in [6, 6.07) is 9.09. The maximum Gasteiger partial charge on any atom is 0.314 e. The third-order valence-electron chi connectivity index (χ3n) is 2.45. The molecule has 0 amide bonds. The number of nitrogens with zero attached hydrogens (tertiary/aromatic N) is 1. The fraction of sp³-hybridized carbons (Fsp3) is 0.0769. The molecule has 2 rings (SSSR count). The van der Waals surface area contributed by atoms with Gasteiger partial charge in [-0.2, -0.15) is 0 Å². The molecule has 0 aliphatic carbocycles. The van der Waals surface area contributed by atoms with Gasteiger partial charge in [-0.05, 0) is 35.0 Å². The van der Waals surface area contributed by atoms with Crippen LogP contribution in [-0.4, -0.2) is 4.92 Å². The number of halogens is 2. The van der Waals surface area contributed by atoms with Gasteiger partial charge < -0.3 is 4.74 Å². The molecule has 0 unspecified atom stereocenters. The monoisotopic (exact) mass is 325 g/mol. The van der Waals surface area contributed by atoms with Crippen LogP contribution < -0.4 is 4.74 Å². The lowest BCUT2D eigenvalue weighted by Gasteiger charge is -2.07. The standard InChI is InChI=1S/C13H9BrFNO3/c1-8-2-4-9(5-3-8)19-13-6-10(14)11(15)7-12(13)16(17)18/h2-7H,1H3. The van der Waals surface area contributed by atoms with Crippen molar-refractivity contribution in [3.05, 3.63) is 62.4 Å². The third-order valence-corrected chi connectivity index (χ3v) is 3.06. The van der Waals surface area contributed by atoms with E-state index in [2.05, 4.69) is 15.9 Å². The second-order valence-electron chi connectivity index (χ2n) is 3.91. The van der Waals surface area contributed by atoms with Crippen molar-refractivity contribution >= 4 is 21.6 Å². The molecule has 0 N–H and O–H groups in total.